The molecule has 0 saturated heterocycles. The quantitative estimate of drug-likeness (QED) is 0.724. The molecule has 0 aromatic carbocycles. The average molecular weight is 213 g/mol. The molecule has 0 unspecified atom stereocenters. The van der Waals surface area contributed by atoms with Crippen molar-refractivity contribution in [3.63, 3.8) is 0 Å². The highest BCUT2D eigenvalue weighted by Crippen LogP contribution is 2.11. The molecule has 0 aliphatic carbocycles. The van der Waals surface area contributed by atoms with Gasteiger partial charge in [0.25, 0.3) is 0 Å². The van der Waals surface area contributed by atoms with Gasteiger partial charge in [0.1, 0.15) is 5.01 Å². The van der Waals surface area contributed by atoms with Gasteiger partial charge >= 0.3 is 5.97 Å². The third-order valence-corrected chi connectivity index (χ3v) is 2.02. The van der Waals surface area contributed by atoms with Gasteiger partial charge in [0.05, 0.1) is 6.61 Å². The van der Waals surface area contributed by atoms with Gasteiger partial charge in [-0.2, -0.15) is 0 Å². The predicted molar refractivity (Wildman–Crippen MR) is 59.5 cm³/mol. The number of hydrogen-bond acceptors (Lipinski definition) is 4. The molecule has 1 aromatic heterocycles. The van der Waals surface area contributed by atoms with E-state index in [0.29, 0.717) is 12.3 Å². The molecule has 0 spiro atoms. The summed E-state index contributed by atoms with van der Waals surface area (Å²) in [6, 6.07) is 0. The van der Waals surface area contributed by atoms with Crippen molar-refractivity contribution in [2.24, 2.45) is 0 Å². The summed E-state index contributed by atoms with van der Waals surface area (Å²) in [6.45, 7) is 9.68. The normalized spacial score (nSPS) is 8.50. The van der Waals surface area contributed by atoms with Crippen molar-refractivity contribution in [1.82, 2.24) is 4.98 Å². The van der Waals surface area contributed by atoms with E-state index in [-0.39, 0.29) is 5.97 Å². The smallest absolute Gasteiger partial charge is 0.357 e. The molecular weight excluding hydrogens is 198 g/mol. The number of nitrogens with zero attached hydrogens (tertiary/aromatic N) is 1. The van der Waals surface area contributed by atoms with Gasteiger partial charge < -0.3 is 4.74 Å². The van der Waals surface area contributed by atoms with Crippen LogP contribution in [-0.2, 0) is 4.74 Å². The Kier molecular flexibility index (Phi) is 6.66. The van der Waals surface area contributed by atoms with E-state index < -0.39 is 0 Å². The number of thiazole rings is 1. The lowest BCUT2D eigenvalue weighted by molar-refractivity contribution is 0.0520. The molecule has 0 fully saturated rings. The van der Waals surface area contributed by atoms with Crippen LogP contribution in [0, 0.1) is 0 Å². The van der Waals surface area contributed by atoms with Gasteiger partial charge in [-0.05, 0) is 13.0 Å². The van der Waals surface area contributed by atoms with Crippen LogP contribution in [0.3, 0.4) is 0 Å². The highest BCUT2D eigenvalue weighted by Gasteiger charge is 2.09. The van der Waals surface area contributed by atoms with Crippen LogP contribution >= 0.6 is 11.3 Å². The summed E-state index contributed by atoms with van der Waals surface area (Å²) in [5.74, 6) is -0.373. The van der Waals surface area contributed by atoms with E-state index in [1.165, 1.54) is 11.3 Å². The van der Waals surface area contributed by atoms with Crippen LogP contribution in [0.1, 0.15) is 36.3 Å². The maximum absolute atomic E-state index is 11.1. The van der Waals surface area contributed by atoms with Crippen LogP contribution in [-0.4, -0.2) is 17.6 Å². The summed E-state index contributed by atoms with van der Waals surface area (Å²) in [4.78, 5) is 15.0. The minimum absolute atomic E-state index is 0.358. The summed E-state index contributed by atoms with van der Waals surface area (Å²) < 4.78 is 4.76. The molecule has 1 rings (SSSR count). The Morgan fingerprint density at radius 1 is 1.71 bits per heavy atom. The summed E-state index contributed by atoms with van der Waals surface area (Å²) in [7, 11) is 0. The van der Waals surface area contributed by atoms with E-state index >= 15 is 0 Å². The van der Waals surface area contributed by atoms with E-state index in [1.807, 2.05) is 13.8 Å². The monoisotopic (exact) mass is 213 g/mol. The van der Waals surface area contributed by atoms with Gasteiger partial charge in [-0.15, -0.1) is 11.3 Å². The Labute approximate surface area is 88.4 Å². The first-order valence-electron chi connectivity index (χ1n) is 4.53. The second-order valence-corrected chi connectivity index (χ2v) is 2.89. The molecule has 3 nitrogen and oxygen atoms in total. The molecule has 0 saturated carbocycles. The van der Waals surface area contributed by atoms with Crippen LogP contribution < -0.4 is 0 Å². The lowest BCUT2D eigenvalue weighted by atomic mass is 10.5. The second-order valence-electron chi connectivity index (χ2n) is 2.00. The SMILES string of the molecule is C=Cc1nc(C(=O)OCC)cs1.CC. The van der Waals surface area contributed by atoms with Gasteiger partial charge in [0.2, 0.25) is 0 Å². The molecule has 0 aliphatic heterocycles. The highest BCUT2D eigenvalue weighted by molar-refractivity contribution is 7.10. The fraction of sp³-hybridized carbons (Fsp3) is 0.400. The third-order valence-electron chi connectivity index (χ3n) is 1.18. The Bertz CT molecular complexity index is 294. The molecule has 0 atom stereocenters. The molecule has 0 bridgehead atoms. The Morgan fingerprint density at radius 2 is 2.36 bits per heavy atom. The fourth-order valence-corrected chi connectivity index (χ4v) is 1.31. The zero-order valence-corrected chi connectivity index (χ0v) is 9.56. The standard InChI is InChI=1S/C8H9NO2S.C2H6/c1-3-7-9-6(5-12-7)8(10)11-4-2;1-2/h3,5H,1,4H2,2H3;1-2H3. The number of hydrogen-bond donors (Lipinski definition) is 0. The van der Waals surface area contributed by atoms with Gasteiger partial charge in [-0.3, -0.25) is 0 Å². The maximum Gasteiger partial charge on any atom is 0.357 e. The van der Waals surface area contributed by atoms with E-state index in [4.69, 9.17) is 4.74 Å². The zero-order chi connectivity index (χ0) is 11.0. The molecular formula is C10H15NO2S. The first-order chi connectivity index (χ1) is 6.77. The lowest BCUT2D eigenvalue weighted by Gasteiger charge is -1.95. The topological polar surface area (TPSA) is 39.2 Å². The van der Waals surface area contributed by atoms with Crippen LogP contribution in [0.2, 0.25) is 0 Å². The van der Waals surface area contributed by atoms with Crippen molar-refractivity contribution in [2.45, 2.75) is 20.8 Å². The molecule has 14 heavy (non-hydrogen) atoms. The minimum atomic E-state index is -0.373. The van der Waals surface area contributed by atoms with Crippen molar-refractivity contribution in [2.75, 3.05) is 6.61 Å². The highest BCUT2D eigenvalue weighted by atomic mass is 32.1. The molecule has 1 aromatic rings. The van der Waals surface area contributed by atoms with E-state index in [1.54, 1.807) is 18.4 Å². The number of aromatic nitrogens is 1. The van der Waals surface area contributed by atoms with Gasteiger partial charge in [0, 0.05) is 5.38 Å². The zero-order valence-electron chi connectivity index (χ0n) is 8.74. The van der Waals surface area contributed by atoms with Gasteiger partial charge in [-0.1, -0.05) is 20.4 Å². The molecule has 0 aliphatic rings. The number of carbonyl (C=O) groups excluding carboxylic acids is 1. The maximum atomic E-state index is 11.1. The van der Waals surface area contributed by atoms with Gasteiger partial charge in [-0.25, -0.2) is 9.78 Å². The van der Waals surface area contributed by atoms with Crippen LogP contribution in [0.15, 0.2) is 12.0 Å². The Morgan fingerprint density at radius 3 is 2.79 bits per heavy atom. The van der Waals surface area contributed by atoms with Crippen LogP contribution in [0.25, 0.3) is 6.08 Å². The second kappa shape index (κ2) is 7.26. The van der Waals surface area contributed by atoms with E-state index in [0.717, 1.165) is 5.01 Å². The van der Waals surface area contributed by atoms with Crippen molar-refractivity contribution in [3.8, 4) is 0 Å². The summed E-state index contributed by atoms with van der Waals surface area (Å²) in [5.41, 5.74) is 0.358. The summed E-state index contributed by atoms with van der Waals surface area (Å²) >= 11 is 1.37. The van der Waals surface area contributed by atoms with Gasteiger partial charge in [0.15, 0.2) is 5.69 Å². The summed E-state index contributed by atoms with van der Waals surface area (Å²) in [5, 5.41) is 2.40. The molecule has 4 heteroatoms. The van der Waals surface area contributed by atoms with E-state index in [2.05, 4.69) is 11.6 Å². The number of carbonyl (C=O) groups is 1. The fourth-order valence-electron chi connectivity index (χ4n) is 0.680. The van der Waals surface area contributed by atoms with Crippen molar-refractivity contribution in [3.05, 3.63) is 22.7 Å². The molecule has 1 heterocycles. The molecule has 78 valence electrons. The molecule has 0 amide bonds. The van der Waals surface area contributed by atoms with E-state index in [9.17, 15) is 4.79 Å². The molecule has 0 radical (unpaired) electrons. The summed E-state index contributed by atoms with van der Waals surface area (Å²) in [6.07, 6.45) is 1.60. The van der Waals surface area contributed by atoms with Crippen LogP contribution in [0.4, 0.5) is 0 Å². The molecule has 0 N–H and O–H groups in total. The van der Waals surface area contributed by atoms with Crippen molar-refractivity contribution >= 4 is 23.4 Å². The lowest BCUT2D eigenvalue weighted by Crippen LogP contribution is -2.04. The Hall–Kier alpha value is -1.16. The third kappa shape index (κ3) is 3.70. The first kappa shape index (κ1) is 12.8. The average Bonchev–Trinajstić information content (AvgIpc) is 2.69. The first-order valence-corrected chi connectivity index (χ1v) is 5.41. The minimum Gasteiger partial charge on any atom is -0.461 e. The largest absolute Gasteiger partial charge is 0.461 e. The predicted octanol–water partition coefficient (Wildman–Crippen LogP) is 2.99. The van der Waals surface area contributed by atoms with Crippen LogP contribution in [0.5, 0.6) is 0 Å². The number of esters is 1. The number of rotatable bonds is 3. The van der Waals surface area contributed by atoms with Crippen molar-refractivity contribution < 1.29 is 9.53 Å². The van der Waals surface area contributed by atoms with Crippen molar-refractivity contribution in [1.29, 1.82) is 0 Å². The number of ether oxygens (including phenoxy) is 1. The Balaban J connectivity index is 0.000000791.